The van der Waals surface area contributed by atoms with Crippen molar-refractivity contribution in [2.45, 2.75) is 34.1 Å². The third kappa shape index (κ3) is 2.94. The van der Waals surface area contributed by atoms with Crippen LogP contribution in [0.25, 0.3) is 15.9 Å². The van der Waals surface area contributed by atoms with Crippen LogP contribution in [0.5, 0.6) is 0 Å². The van der Waals surface area contributed by atoms with Gasteiger partial charge < -0.3 is 4.90 Å². The molecule has 4 nitrogen and oxygen atoms in total. The molecule has 1 aliphatic heterocycles. The molecule has 0 aliphatic carbocycles. The second kappa shape index (κ2) is 6.54. The average Bonchev–Trinajstić information content (AvgIpc) is 3.15. The summed E-state index contributed by atoms with van der Waals surface area (Å²) in [6, 6.07) is 10.3. The van der Waals surface area contributed by atoms with Gasteiger partial charge in [-0.25, -0.2) is 4.68 Å². The Morgan fingerprint density at radius 3 is 2.54 bits per heavy atom. The molecular weight excluding hydrogens is 342 g/mol. The topological polar surface area (TPSA) is 38.1 Å². The van der Waals surface area contributed by atoms with E-state index in [9.17, 15) is 4.79 Å². The number of hydrogen-bond donors (Lipinski definition) is 0. The highest BCUT2D eigenvalue weighted by molar-refractivity contribution is 7.20. The molecule has 1 amide bonds. The zero-order valence-corrected chi connectivity index (χ0v) is 16.6. The fourth-order valence-corrected chi connectivity index (χ4v) is 5.25. The molecule has 2 aromatic heterocycles. The summed E-state index contributed by atoms with van der Waals surface area (Å²) in [5.74, 6) is 1.31. The van der Waals surface area contributed by atoms with Gasteiger partial charge in [-0.1, -0.05) is 32.0 Å². The average molecular weight is 368 g/mol. The number of rotatable bonds is 2. The third-order valence-corrected chi connectivity index (χ3v) is 6.35. The maximum absolute atomic E-state index is 13.1. The Labute approximate surface area is 158 Å². The van der Waals surface area contributed by atoms with E-state index in [2.05, 4.69) is 32.9 Å². The van der Waals surface area contributed by atoms with E-state index in [4.69, 9.17) is 5.10 Å². The second-order valence-corrected chi connectivity index (χ2v) is 8.80. The summed E-state index contributed by atoms with van der Waals surface area (Å²) >= 11 is 1.56. The van der Waals surface area contributed by atoms with Crippen molar-refractivity contribution in [3.05, 3.63) is 46.5 Å². The van der Waals surface area contributed by atoms with Gasteiger partial charge in [0.2, 0.25) is 0 Å². The number of likely N-dealkylation sites (tertiary alicyclic amines) is 1. The van der Waals surface area contributed by atoms with E-state index in [1.807, 2.05) is 34.7 Å². The van der Waals surface area contributed by atoms with Crippen molar-refractivity contribution in [1.29, 1.82) is 0 Å². The number of carbonyl (C=O) groups is 1. The minimum absolute atomic E-state index is 0.167. The molecule has 26 heavy (non-hydrogen) atoms. The molecule has 2 atom stereocenters. The number of carbonyl (C=O) groups excluding carboxylic acids is 1. The van der Waals surface area contributed by atoms with Crippen LogP contribution < -0.4 is 0 Å². The van der Waals surface area contributed by atoms with E-state index in [1.54, 1.807) is 11.3 Å². The Kier molecular flexibility index (Phi) is 4.35. The van der Waals surface area contributed by atoms with E-state index in [-0.39, 0.29) is 5.91 Å². The standard InChI is InChI=1S/C21H25N3OS/c1-13-9-14(2)12-23(11-13)20(25)19-10-17-16(4)22-24(21(17)26-19)18-8-6-5-7-15(18)3/h5-8,10,13-14H,9,11-12H2,1-4H3. The first-order valence-electron chi connectivity index (χ1n) is 9.28. The van der Waals surface area contributed by atoms with Crippen molar-refractivity contribution < 1.29 is 4.79 Å². The molecule has 0 saturated carbocycles. The number of benzene rings is 1. The minimum atomic E-state index is 0.167. The Balaban J connectivity index is 1.73. The number of fused-ring (bicyclic) bond motifs is 1. The molecule has 136 valence electrons. The normalized spacial score (nSPS) is 20.7. The second-order valence-electron chi connectivity index (χ2n) is 7.77. The van der Waals surface area contributed by atoms with Crippen LogP contribution in [0, 0.1) is 25.7 Å². The summed E-state index contributed by atoms with van der Waals surface area (Å²) in [6.07, 6.45) is 1.21. The van der Waals surface area contributed by atoms with Gasteiger partial charge in [0.25, 0.3) is 5.91 Å². The molecule has 4 rings (SSSR count). The van der Waals surface area contributed by atoms with Crippen molar-refractivity contribution in [3.63, 3.8) is 0 Å². The molecule has 0 spiro atoms. The maximum Gasteiger partial charge on any atom is 0.264 e. The molecule has 3 heterocycles. The molecule has 1 aromatic carbocycles. The first-order chi connectivity index (χ1) is 12.4. The zero-order valence-electron chi connectivity index (χ0n) is 15.8. The lowest BCUT2D eigenvalue weighted by atomic mass is 9.92. The summed E-state index contributed by atoms with van der Waals surface area (Å²) < 4.78 is 1.99. The number of nitrogens with zero attached hydrogens (tertiary/aromatic N) is 3. The number of hydrogen-bond acceptors (Lipinski definition) is 3. The van der Waals surface area contributed by atoms with E-state index in [0.717, 1.165) is 39.6 Å². The van der Waals surface area contributed by atoms with Gasteiger partial charge in [0.1, 0.15) is 4.83 Å². The minimum Gasteiger partial charge on any atom is -0.337 e. The van der Waals surface area contributed by atoms with Crippen LogP contribution in [0.4, 0.5) is 0 Å². The van der Waals surface area contributed by atoms with Gasteiger partial charge in [0.15, 0.2) is 0 Å². The molecule has 0 bridgehead atoms. The maximum atomic E-state index is 13.1. The molecular formula is C21H25N3OS. The van der Waals surface area contributed by atoms with Crippen LogP contribution in [-0.4, -0.2) is 33.7 Å². The van der Waals surface area contributed by atoms with Crippen LogP contribution in [0.3, 0.4) is 0 Å². The van der Waals surface area contributed by atoms with Gasteiger partial charge in [-0.3, -0.25) is 4.79 Å². The SMILES string of the molecule is Cc1ccccc1-n1nc(C)c2cc(C(=O)N3CC(C)CC(C)C3)sc21. The summed E-state index contributed by atoms with van der Waals surface area (Å²) in [5.41, 5.74) is 3.22. The number of thiophene rings is 1. The van der Waals surface area contributed by atoms with Crippen LogP contribution in [0.1, 0.15) is 41.2 Å². The predicted octanol–water partition coefficient (Wildman–Crippen LogP) is 4.82. The highest BCUT2D eigenvalue weighted by atomic mass is 32.1. The smallest absolute Gasteiger partial charge is 0.264 e. The molecule has 2 unspecified atom stereocenters. The largest absolute Gasteiger partial charge is 0.337 e. The number of amides is 1. The van der Waals surface area contributed by atoms with Crippen molar-refractivity contribution in [2.75, 3.05) is 13.1 Å². The van der Waals surface area contributed by atoms with Crippen LogP contribution in [-0.2, 0) is 0 Å². The zero-order chi connectivity index (χ0) is 18.4. The van der Waals surface area contributed by atoms with Gasteiger partial charge in [-0.05, 0) is 49.8 Å². The van der Waals surface area contributed by atoms with Crippen molar-refractivity contribution in [1.82, 2.24) is 14.7 Å². The fraction of sp³-hybridized carbons (Fsp3) is 0.429. The van der Waals surface area contributed by atoms with Gasteiger partial charge in [-0.15, -0.1) is 11.3 Å². The lowest BCUT2D eigenvalue weighted by Gasteiger charge is -2.34. The van der Waals surface area contributed by atoms with Crippen LogP contribution in [0.2, 0.25) is 0 Å². The number of aryl methyl sites for hydroxylation is 2. The molecule has 1 aliphatic rings. The van der Waals surface area contributed by atoms with Crippen molar-refractivity contribution >= 4 is 27.5 Å². The molecule has 1 saturated heterocycles. The quantitative estimate of drug-likeness (QED) is 0.651. The predicted molar refractivity (Wildman–Crippen MR) is 107 cm³/mol. The number of piperidine rings is 1. The summed E-state index contributed by atoms with van der Waals surface area (Å²) in [6.45, 7) is 10.3. The molecule has 0 radical (unpaired) electrons. The van der Waals surface area contributed by atoms with E-state index < -0.39 is 0 Å². The fourth-order valence-electron chi connectivity index (χ4n) is 4.10. The number of aromatic nitrogens is 2. The highest BCUT2D eigenvalue weighted by Crippen LogP contribution is 2.33. The Morgan fingerprint density at radius 1 is 1.15 bits per heavy atom. The molecule has 0 N–H and O–H groups in total. The first-order valence-corrected chi connectivity index (χ1v) is 10.1. The summed E-state index contributed by atoms with van der Waals surface area (Å²) in [7, 11) is 0. The Morgan fingerprint density at radius 2 is 1.85 bits per heavy atom. The van der Waals surface area contributed by atoms with E-state index in [1.165, 1.54) is 12.0 Å². The van der Waals surface area contributed by atoms with Gasteiger partial charge in [0.05, 0.1) is 16.3 Å². The first kappa shape index (κ1) is 17.3. The lowest BCUT2D eigenvalue weighted by molar-refractivity contribution is 0.0628. The lowest BCUT2D eigenvalue weighted by Crippen LogP contribution is -2.42. The molecule has 3 aromatic rings. The highest BCUT2D eigenvalue weighted by Gasteiger charge is 2.28. The van der Waals surface area contributed by atoms with Crippen molar-refractivity contribution in [3.8, 4) is 5.69 Å². The monoisotopic (exact) mass is 367 g/mol. The van der Waals surface area contributed by atoms with Gasteiger partial charge in [-0.2, -0.15) is 5.10 Å². The van der Waals surface area contributed by atoms with Gasteiger partial charge >= 0.3 is 0 Å². The van der Waals surface area contributed by atoms with Gasteiger partial charge in [0, 0.05) is 18.5 Å². The van der Waals surface area contributed by atoms with Crippen molar-refractivity contribution in [2.24, 2.45) is 11.8 Å². The van der Waals surface area contributed by atoms with Crippen LogP contribution >= 0.6 is 11.3 Å². The summed E-state index contributed by atoms with van der Waals surface area (Å²) in [4.78, 5) is 17.0. The summed E-state index contributed by atoms with van der Waals surface area (Å²) in [5, 5.41) is 5.80. The van der Waals surface area contributed by atoms with E-state index in [0.29, 0.717) is 11.8 Å². The number of para-hydroxylation sites is 1. The molecule has 5 heteroatoms. The van der Waals surface area contributed by atoms with E-state index >= 15 is 0 Å². The third-order valence-electron chi connectivity index (χ3n) is 5.26. The Hall–Kier alpha value is -2.14. The molecule has 1 fully saturated rings. The Bertz CT molecular complexity index is 961. The van der Waals surface area contributed by atoms with Crippen LogP contribution in [0.15, 0.2) is 30.3 Å².